The van der Waals surface area contributed by atoms with Gasteiger partial charge in [0.15, 0.2) is 0 Å². The van der Waals surface area contributed by atoms with Gasteiger partial charge in [0.1, 0.15) is 11.3 Å². The summed E-state index contributed by atoms with van der Waals surface area (Å²) in [4.78, 5) is 19.9. The van der Waals surface area contributed by atoms with Crippen molar-refractivity contribution >= 4 is 17.3 Å². The number of hydrogen-bond acceptors (Lipinski definition) is 4. The highest BCUT2D eigenvalue weighted by Gasteiger charge is 2.39. The normalized spacial score (nSPS) is 11.1. The number of halogens is 3. The summed E-state index contributed by atoms with van der Waals surface area (Å²) >= 11 is 0. The Balaban J connectivity index is 3.45. The standard InChI is InChI=1S/C9H7F3N2O4/c1-4(15)13-6-2-5(9(10,11)12)7(14(17)18)3-8(6)16/h2-3,16H,1H3,(H,13,15). The molecular formula is C9H7F3N2O4. The molecule has 0 radical (unpaired) electrons. The van der Waals surface area contributed by atoms with Crippen LogP contribution in [0, 0.1) is 10.1 Å². The second-order valence-electron chi connectivity index (χ2n) is 3.32. The predicted octanol–water partition coefficient (Wildman–Crippen LogP) is 2.28. The van der Waals surface area contributed by atoms with E-state index < -0.39 is 39.7 Å². The molecule has 0 aliphatic rings. The molecule has 1 rings (SSSR count). The molecule has 0 aliphatic carbocycles. The maximum absolute atomic E-state index is 12.6. The van der Waals surface area contributed by atoms with Crippen LogP contribution < -0.4 is 5.32 Å². The second kappa shape index (κ2) is 4.51. The number of phenols is 1. The van der Waals surface area contributed by atoms with Gasteiger partial charge >= 0.3 is 6.18 Å². The Morgan fingerprint density at radius 2 is 2.00 bits per heavy atom. The molecular weight excluding hydrogens is 257 g/mol. The minimum atomic E-state index is -4.97. The minimum absolute atomic E-state index is 0.314. The van der Waals surface area contributed by atoms with Crippen molar-refractivity contribution in [2.45, 2.75) is 13.1 Å². The summed E-state index contributed by atoms with van der Waals surface area (Å²) in [5, 5.41) is 21.7. The van der Waals surface area contributed by atoms with Crippen LogP contribution in [0.1, 0.15) is 12.5 Å². The first-order chi connectivity index (χ1) is 8.12. The van der Waals surface area contributed by atoms with Gasteiger partial charge in [-0.3, -0.25) is 14.9 Å². The van der Waals surface area contributed by atoms with Gasteiger partial charge in [0.25, 0.3) is 5.69 Å². The van der Waals surface area contributed by atoms with E-state index in [4.69, 9.17) is 0 Å². The highest BCUT2D eigenvalue weighted by molar-refractivity contribution is 5.90. The molecule has 0 bridgehead atoms. The van der Waals surface area contributed by atoms with Crippen molar-refractivity contribution in [2.24, 2.45) is 0 Å². The van der Waals surface area contributed by atoms with Crippen molar-refractivity contribution in [2.75, 3.05) is 5.32 Å². The lowest BCUT2D eigenvalue weighted by Crippen LogP contribution is -2.12. The molecule has 0 atom stereocenters. The first-order valence-electron chi connectivity index (χ1n) is 4.49. The highest BCUT2D eigenvalue weighted by Crippen LogP contribution is 2.41. The number of carbonyl (C=O) groups excluding carboxylic acids is 1. The van der Waals surface area contributed by atoms with E-state index in [1.54, 1.807) is 0 Å². The molecule has 1 amide bonds. The SMILES string of the molecule is CC(=O)Nc1cc(C(F)(F)F)c([N+](=O)[O-])cc1O. The number of amides is 1. The smallest absolute Gasteiger partial charge is 0.423 e. The Morgan fingerprint density at radius 1 is 1.44 bits per heavy atom. The number of nitrogens with zero attached hydrogens (tertiary/aromatic N) is 1. The molecule has 0 fully saturated rings. The zero-order valence-corrected chi connectivity index (χ0v) is 8.91. The molecule has 1 aromatic rings. The summed E-state index contributed by atoms with van der Waals surface area (Å²) in [5.41, 5.74) is -3.37. The monoisotopic (exact) mass is 264 g/mol. The van der Waals surface area contributed by atoms with E-state index in [2.05, 4.69) is 0 Å². The number of alkyl halides is 3. The van der Waals surface area contributed by atoms with Crippen LogP contribution >= 0.6 is 0 Å². The van der Waals surface area contributed by atoms with Crippen LogP contribution in [-0.2, 0) is 11.0 Å². The topological polar surface area (TPSA) is 92.5 Å². The molecule has 18 heavy (non-hydrogen) atoms. The summed E-state index contributed by atoms with van der Waals surface area (Å²) in [6.07, 6.45) is -4.97. The fourth-order valence-corrected chi connectivity index (χ4v) is 1.25. The van der Waals surface area contributed by atoms with E-state index in [1.165, 1.54) is 0 Å². The van der Waals surface area contributed by atoms with E-state index in [0.29, 0.717) is 12.1 Å². The number of nitrogens with one attached hydrogen (secondary N) is 1. The average molecular weight is 264 g/mol. The zero-order valence-electron chi connectivity index (χ0n) is 8.91. The van der Waals surface area contributed by atoms with Gasteiger partial charge in [0, 0.05) is 6.92 Å². The lowest BCUT2D eigenvalue weighted by molar-refractivity contribution is -0.388. The number of hydrogen-bond donors (Lipinski definition) is 2. The molecule has 9 heteroatoms. The third kappa shape index (κ3) is 2.87. The first-order valence-corrected chi connectivity index (χ1v) is 4.49. The number of rotatable bonds is 2. The van der Waals surface area contributed by atoms with Gasteiger partial charge in [0.05, 0.1) is 16.7 Å². The number of phenolic OH excluding ortho intramolecular Hbond substituents is 1. The molecule has 0 saturated carbocycles. The van der Waals surface area contributed by atoms with Gasteiger partial charge in [-0.1, -0.05) is 0 Å². The molecule has 1 aromatic carbocycles. The number of anilines is 1. The molecule has 0 saturated heterocycles. The number of aromatic hydroxyl groups is 1. The number of nitro benzene ring substituents is 1. The van der Waals surface area contributed by atoms with E-state index in [1.807, 2.05) is 5.32 Å². The maximum Gasteiger partial charge on any atom is 0.423 e. The zero-order chi connectivity index (χ0) is 14.1. The molecule has 6 nitrogen and oxygen atoms in total. The van der Waals surface area contributed by atoms with Gasteiger partial charge in [0.2, 0.25) is 5.91 Å². The number of nitro groups is 1. The molecule has 0 spiro atoms. The summed E-state index contributed by atoms with van der Waals surface area (Å²) in [5.74, 6) is -1.53. The van der Waals surface area contributed by atoms with Gasteiger partial charge in [-0.15, -0.1) is 0 Å². The lowest BCUT2D eigenvalue weighted by Gasteiger charge is -2.11. The number of carbonyl (C=O) groups is 1. The summed E-state index contributed by atoms with van der Waals surface area (Å²) in [6.45, 7) is 1.02. The molecule has 0 aliphatic heterocycles. The van der Waals surface area contributed by atoms with Crippen LogP contribution in [0.5, 0.6) is 5.75 Å². The largest absolute Gasteiger partial charge is 0.506 e. The highest BCUT2D eigenvalue weighted by atomic mass is 19.4. The van der Waals surface area contributed by atoms with E-state index in [-0.39, 0.29) is 0 Å². The summed E-state index contributed by atoms with van der Waals surface area (Å²) in [6, 6.07) is 0.656. The Hall–Kier alpha value is -2.32. The van der Waals surface area contributed by atoms with E-state index in [9.17, 15) is 33.2 Å². The van der Waals surface area contributed by atoms with Crippen molar-refractivity contribution in [3.05, 3.63) is 27.8 Å². The van der Waals surface area contributed by atoms with E-state index in [0.717, 1.165) is 6.92 Å². The van der Waals surface area contributed by atoms with E-state index >= 15 is 0 Å². The third-order valence-electron chi connectivity index (χ3n) is 1.93. The maximum atomic E-state index is 12.6. The average Bonchev–Trinajstić information content (AvgIpc) is 2.17. The predicted molar refractivity (Wildman–Crippen MR) is 54.1 cm³/mol. The van der Waals surface area contributed by atoms with Crippen LogP contribution in [0.25, 0.3) is 0 Å². The van der Waals surface area contributed by atoms with Crippen molar-refractivity contribution in [3.63, 3.8) is 0 Å². The minimum Gasteiger partial charge on any atom is -0.506 e. The molecule has 2 N–H and O–H groups in total. The quantitative estimate of drug-likeness (QED) is 0.487. The first kappa shape index (κ1) is 13.7. The number of benzene rings is 1. The Morgan fingerprint density at radius 3 is 2.39 bits per heavy atom. The van der Waals surface area contributed by atoms with Crippen molar-refractivity contribution < 1.29 is 28.0 Å². The lowest BCUT2D eigenvalue weighted by atomic mass is 10.1. The summed E-state index contributed by atoms with van der Waals surface area (Å²) < 4.78 is 37.7. The Labute approximate surface area is 98.2 Å². The van der Waals surface area contributed by atoms with Crippen LogP contribution in [0.15, 0.2) is 12.1 Å². The van der Waals surface area contributed by atoms with Gasteiger partial charge in [-0.05, 0) is 6.07 Å². The van der Waals surface area contributed by atoms with Gasteiger partial charge in [-0.25, -0.2) is 0 Å². The molecule has 98 valence electrons. The van der Waals surface area contributed by atoms with Crippen molar-refractivity contribution in [3.8, 4) is 5.75 Å². The second-order valence-corrected chi connectivity index (χ2v) is 3.32. The van der Waals surface area contributed by atoms with Gasteiger partial charge < -0.3 is 10.4 Å². The van der Waals surface area contributed by atoms with Crippen molar-refractivity contribution in [1.29, 1.82) is 0 Å². The van der Waals surface area contributed by atoms with Crippen molar-refractivity contribution in [1.82, 2.24) is 0 Å². The van der Waals surface area contributed by atoms with Crippen LogP contribution in [0.4, 0.5) is 24.5 Å². The van der Waals surface area contributed by atoms with Gasteiger partial charge in [-0.2, -0.15) is 13.2 Å². The third-order valence-corrected chi connectivity index (χ3v) is 1.93. The summed E-state index contributed by atoms with van der Waals surface area (Å²) in [7, 11) is 0. The van der Waals surface area contributed by atoms with Crippen LogP contribution in [-0.4, -0.2) is 15.9 Å². The van der Waals surface area contributed by atoms with Crippen LogP contribution in [0.2, 0.25) is 0 Å². The molecule has 0 heterocycles. The Kier molecular flexibility index (Phi) is 3.44. The molecule has 0 aromatic heterocycles. The Bertz CT molecular complexity index is 513. The fraction of sp³-hybridized carbons (Fsp3) is 0.222. The molecule has 0 unspecified atom stereocenters. The fourth-order valence-electron chi connectivity index (χ4n) is 1.25. The van der Waals surface area contributed by atoms with Crippen LogP contribution in [0.3, 0.4) is 0 Å².